The number of aromatic nitrogens is 3. The van der Waals surface area contributed by atoms with Crippen LogP contribution in [-0.2, 0) is 7.05 Å². The maximum absolute atomic E-state index is 12.9. The van der Waals surface area contributed by atoms with Crippen LogP contribution in [0.4, 0.5) is 0 Å². The van der Waals surface area contributed by atoms with Gasteiger partial charge >= 0.3 is 0 Å². The van der Waals surface area contributed by atoms with E-state index in [1.54, 1.807) is 10.7 Å². The van der Waals surface area contributed by atoms with Gasteiger partial charge in [-0.1, -0.05) is 0 Å². The van der Waals surface area contributed by atoms with Crippen molar-refractivity contribution in [2.24, 2.45) is 18.9 Å². The van der Waals surface area contributed by atoms with E-state index in [-0.39, 0.29) is 18.1 Å². The first-order chi connectivity index (χ1) is 10.5. The van der Waals surface area contributed by atoms with E-state index in [1.807, 2.05) is 36.0 Å². The quantitative estimate of drug-likeness (QED) is 0.909. The highest BCUT2D eigenvalue weighted by Crippen LogP contribution is 2.45. The second-order valence-corrected chi connectivity index (χ2v) is 6.92. The Hall–Kier alpha value is -1.82. The van der Waals surface area contributed by atoms with Crippen LogP contribution in [0.25, 0.3) is 5.65 Å². The molecule has 4 rings (SSSR count). The molecule has 2 unspecified atom stereocenters. The second kappa shape index (κ2) is 4.84. The molecule has 6 heteroatoms. The molecule has 2 aliphatic carbocycles. The summed E-state index contributed by atoms with van der Waals surface area (Å²) in [7, 11) is 3.83. The largest absolute Gasteiger partial charge is 0.393 e. The number of aliphatic hydroxyl groups is 1. The number of hydrogen-bond acceptors (Lipinski definition) is 3. The summed E-state index contributed by atoms with van der Waals surface area (Å²) in [5, 5.41) is 14.0. The molecule has 118 valence electrons. The Morgan fingerprint density at radius 3 is 2.64 bits per heavy atom. The normalized spacial score (nSPS) is 30.9. The van der Waals surface area contributed by atoms with Gasteiger partial charge < -0.3 is 14.6 Å². The number of imidazole rings is 1. The van der Waals surface area contributed by atoms with Crippen molar-refractivity contribution in [2.75, 3.05) is 7.05 Å². The fourth-order valence-corrected chi connectivity index (χ4v) is 4.43. The predicted molar refractivity (Wildman–Crippen MR) is 81.5 cm³/mol. The molecule has 1 N–H and O–H groups in total. The van der Waals surface area contributed by atoms with E-state index in [4.69, 9.17) is 0 Å². The van der Waals surface area contributed by atoms with Crippen LogP contribution < -0.4 is 0 Å². The molecule has 2 fully saturated rings. The number of carbonyl (C=O) groups is 1. The lowest BCUT2D eigenvalue weighted by atomic mass is 10.0. The molecular weight excluding hydrogens is 280 g/mol. The fraction of sp³-hybridized carbons (Fsp3) is 0.625. The van der Waals surface area contributed by atoms with Gasteiger partial charge in [0.25, 0.3) is 5.91 Å². The monoisotopic (exact) mass is 302 g/mol. The van der Waals surface area contributed by atoms with Crippen LogP contribution in [0.1, 0.15) is 36.0 Å². The zero-order valence-electron chi connectivity index (χ0n) is 13.0. The Morgan fingerprint density at radius 2 is 1.95 bits per heavy atom. The molecule has 2 aromatic heterocycles. The van der Waals surface area contributed by atoms with Crippen molar-refractivity contribution < 1.29 is 9.90 Å². The van der Waals surface area contributed by atoms with Gasteiger partial charge in [0.2, 0.25) is 0 Å². The summed E-state index contributed by atoms with van der Waals surface area (Å²) in [5.41, 5.74) is 1.50. The summed E-state index contributed by atoms with van der Waals surface area (Å²) in [4.78, 5) is 14.7. The van der Waals surface area contributed by atoms with E-state index >= 15 is 0 Å². The molecule has 0 bridgehead atoms. The predicted octanol–water partition coefficient (Wildman–Crippen LogP) is 1.29. The van der Waals surface area contributed by atoms with Gasteiger partial charge in [0.1, 0.15) is 11.2 Å². The van der Waals surface area contributed by atoms with E-state index in [1.165, 1.54) is 0 Å². The van der Waals surface area contributed by atoms with Crippen molar-refractivity contribution in [3.8, 4) is 0 Å². The molecule has 2 aromatic rings. The molecular formula is C16H22N4O2. The van der Waals surface area contributed by atoms with E-state index in [0.29, 0.717) is 17.4 Å². The fourth-order valence-electron chi connectivity index (χ4n) is 4.43. The summed E-state index contributed by atoms with van der Waals surface area (Å²) in [6.07, 6.45) is 9.12. The number of aliphatic hydroxyl groups excluding tert-OH is 1. The van der Waals surface area contributed by atoms with Gasteiger partial charge in [-0.25, -0.2) is 4.52 Å². The molecule has 0 radical (unpaired) electrons. The highest BCUT2D eigenvalue weighted by Gasteiger charge is 2.43. The molecule has 0 aliphatic heterocycles. The standard InChI is InChI=1S/C16H22N4O2/c1-18-3-4-20-15(18)14(9-17-20)16(22)19(2)12-5-10-7-13(21)8-11(10)6-12/h3-4,9-13,21H,5-8H2,1-2H3/t10-,11+,12?,13?. The molecule has 22 heavy (non-hydrogen) atoms. The first-order valence-corrected chi connectivity index (χ1v) is 7.98. The number of aryl methyl sites for hydroxylation is 1. The molecule has 1 amide bonds. The van der Waals surface area contributed by atoms with E-state index in [2.05, 4.69) is 5.10 Å². The van der Waals surface area contributed by atoms with Crippen molar-refractivity contribution in [1.29, 1.82) is 0 Å². The number of nitrogens with zero attached hydrogens (tertiary/aromatic N) is 4. The van der Waals surface area contributed by atoms with Gasteiger partial charge in [-0.15, -0.1) is 0 Å². The third-order valence-corrected chi connectivity index (χ3v) is 5.60. The lowest BCUT2D eigenvalue weighted by Gasteiger charge is -2.25. The summed E-state index contributed by atoms with van der Waals surface area (Å²) in [6, 6.07) is 0.283. The van der Waals surface area contributed by atoms with Crippen molar-refractivity contribution in [1.82, 2.24) is 19.1 Å². The zero-order chi connectivity index (χ0) is 15.4. The SMILES string of the molecule is CN(C(=O)c1cnn2ccn(C)c12)C1C[C@H]2CC(O)C[C@H]2C1. The minimum Gasteiger partial charge on any atom is -0.393 e. The highest BCUT2D eigenvalue weighted by atomic mass is 16.3. The number of rotatable bonds is 2. The van der Waals surface area contributed by atoms with Gasteiger partial charge in [-0.05, 0) is 37.5 Å². The Balaban J connectivity index is 1.55. The topological polar surface area (TPSA) is 62.8 Å². The van der Waals surface area contributed by atoms with Gasteiger partial charge in [0.15, 0.2) is 0 Å². The lowest BCUT2D eigenvalue weighted by molar-refractivity contribution is 0.0724. The highest BCUT2D eigenvalue weighted by molar-refractivity contribution is 5.99. The maximum Gasteiger partial charge on any atom is 0.259 e. The minimum absolute atomic E-state index is 0.0438. The first-order valence-electron chi connectivity index (χ1n) is 7.98. The van der Waals surface area contributed by atoms with E-state index < -0.39 is 0 Å². The second-order valence-electron chi connectivity index (χ2n) is 6.92. The van der Waals surface area contributed by atoms with Gasteiger partial charge in [0, 0.05) is 32.5 Å². The zero-order valence-corrected chi connectivity index (χ0v) is 13.0. The number of carbonyl (C=O) groups excluding carboxylic acids is 1. The molecule has 4 atom stereocenters. The van der Waals surface area contributed by atoms with Crippen LogP contribution >= 0.6 is 0 Å². The first kappa shape index (κ1) is 13.8. The van der Waals surface area contributed by atoms with Crippen LogP contribution in [0.5, 0.6) is 0 Å². The third kappa shape index (κ3) is 1.97. The van der Waals surface area contributed by atoms with E-state index in [0.717, 1.165) is 31.3 Å². The van der Waals surface area contributed by atoms with Gasteiger partial charge in [-0.2, -0.15) is 5.10 Å². The minimum atomic E-state index is -0.129. The Labute approximate surface area is 129 Å². The van der Waals surface area contributed by atoms with Crippen LogP contribution in [0.3, 0.4) is 0 Å². The van der Waals surface area contributed by atoms with Gasteiger partial charge in [-0.3, -0.25) is 4.79 Å². The molecule has 0 spiro atoms. The van der Waals surface area contributed by atoms with Crippen molar-refractivity contribution in [3.63, 3.8) is 0 Å². The summed E-state index contributed by atoms with van der Waals surface area (Å²) >= 11 is 0. The Bertz CT molecular complexity index is 705. The average Bonchev–Trinajstić information content (AvgIpc) is 3.19. The maximum atomic E-state index is 12.9. The Morgan fingerprint density at radius 1 is 1.27 bits per heavy atom. The number of hydrogen-bond donors (Lipinski definition) is 1. The summed E-state index contributed by atoms with van der Waals surface area (Å²) < 4.78 is 3.66. The number of fused-ring (bicyclic) bond motifs is 2. The van der Waals surface area contributed by atoms with Crippen LogP contribution in [0.2, 0.25) is 0 Å². The lowest BCUT2D eigenvalue weighted by Crippen LogP contribution is -2.36. The van der Waals surface area contributed by atoms with E-state index in [9.17, 15) is 9.90 Å². The molecule has 0 saturated heterocycles. The average molecular weight is 302 g/mol. The Kier molecular flexibility index (Phi) is 3.04. The smallest absolute Gasteiger partial charge is 0.259 e. The molecule has 6 nitrogen and oxygen atoms in total. The summed E-state index contributed by atoms with van der Waals surface area (Å²) in [6.45, 7) is 0. The van der Waals surface area contributed by atoms with Crippen molar-refractivity contribution >= 4 is 11.6 Å². The van der Waals surface area contributed by atoms with Crippen LogP contribution in [0.15, 0.2) is 18.6 Å². The molecule has 2 aliphatic rings. The molecule has 2 heterocycles. The number of amides is 1. The van der Waals surface area contributed by atoms with Crippen molar-refractivity contribution in [3.05, 3.63) is 24.2 Å². The van der Waals surface area contributed by atoms with Crippen LogP contribution in [0, 0.1) is 11.8 Å². The molecule has 2 saturated carbocycles. The summed E-state index contributed by atoms with van der Waals surface area (Å²) in [5.74, 6) is 1.21. The van der Waals surface area contributed by atoms with Crippen molar-refractivity contribution in [2.45, 2.75) is 37.8 Å². The van der Waals surface area contributed by atoms with Crippen LogP contribution in [-0.4, -0.2) is 49.3 Å². The third-order valence-electron chi connectivity index (χ3n) is 5.60. The molecule has 0 aromatic carbocycles. The van der Waals surface area contributed by atoms with Gasteiger partial charge in [0.05, 0.1) is 12.3 Å².